The van der Waals surface area contributed by atoms with Crippen LogP contribution in [0.15, 0.2) is 133 Å². The van der Waals surface area contributed by atoms with Gasteiger partial charge in [0.15, 0.2) is 0 Å². The van der Waals surface area contributed by atoms with Crippen molar-refractivity contribution in [2.75, 3.05) is 19.8 Å². The van der Waals surface area contributed by atoms with Gasteiger partial charge in [-0.15, -0.1) is 0 Å². The van der Waals surface area contributed by atoms with Crippen LogP contribution >= 0.6 is 0 Å². The van der Waals surface area contributed by atoms with Crippen molar-refractivity contribution in [2.45, 2.75) is 39.3 Å². The zero-order chi connectivity index (χ0) is 30.0. The summed E-state index contributed by atoms with van der Waals surface area (Å²) in [4.78, 5) is 2.56. The van der Waals surface area contributed by atoms with E-state index in [1.54, 1.807) is 0 Å². The standard InChI is InChI=1S/C41H41NO2/c1-2-25-43-40-21-20-37(41(29-40)44-26-23-32-10-4-3-5-11-32)22-24-42(30-33-16-18-35-12-6-8-14-38(35)27-33)31-34-17-19-36-13-7-9-15-39(36)28-34/h3-21,27-29H,2,22-26,30-31H2,1H3. The number of rotatable bonds is 14. The van der Waals surface area contributed by atoms with Crippen LogP contribution in [-0.4, -0.2) is 24.7 Å². The Labute approximate surface area is 261 Å². The predicted octanol–water partition coefficient (Wildman–Crippen LogP) is 9.65. The zero-order valence-electron chi connectivity index (χ0n) is 25.6. The largest absolute Gasteiger partial charge is 0.493 e. The Morgan fingerprint density at radius 2 is 1.11 bits per heavy atom. The van der Waals surface area contributed by atoms with Gasteiger partial charge in [0.1, 0.15) is 11.5 Å². The molecular formula is C41H41NO2. The van der Waals surface area contributed by atoms with Gasteiger partial charge in [0, 0.05) is 32.1 Å². The van der Waals surface area contributed by atoms with Gasteiger partial charge < -0.3 is 9.47 Å². The second-order valence-electron chi connectivity index (χ2n) is 11.5. The minimum Gasteiger partial charge on any atom is -0.493 e. The Morgan fingerprint density at radius 1 is 0.500 bits per heavy atom. The average Bonchev–Trinajstić information content (AvgIpc) is 3.07. The van der Waals surface area contributed by atoms with E-state index in [1.165, 1.54) is 43.8 Å². The summed E-state index contributed by atoms with van der Waals surface area (Å²) in [6.45, 7) is 6.12. The summed E-state index contributed by atoms with van der Waals surface area (Å²) in [5.41, 5.74) is 5.15. The van der Waals surface area contributed by atoms with Crippen molar-refractivity contribution < 1.29 is 9.47 Å². The molecule has 3 nitrogen and oxygen atoms in total. The van der Waals surface area contributed by atoms with E-state index in [1.807, 2.05) is 0 Å². The van der Waals surface area contributed by atoms with Crippen molar-refractivity contribution in [3.63, 3.8) is 0 Å². The topological polar surface area (TPSA) is 21.7 Å². The lowest BCUT2D eigenvalue weighted by molar-refractivity contribution is 0.257. The Hall–Kier alpha value is -4.60. The first-order valence-electron chi connectivity index (χ1n) is 15.8. The highest BCUT2D eigenvalue weighted by atomic mass is 16.5. The van der Waals surface area contributed by atoms with Crippen LogP contribution in [0.3, 0.4) is 0 Å². The molecule has 6 rings (SSSR count). The number of nitrogens with zero attached hydrogens (tertiary/aromatic N) is 1. The molecule has 0 unspecified atom stereocenters. The summed E-state index contributed by atoms with van der Waals surface area (Å²) in [5.74, 6) is 1.79. The second-order valence-corrected chi connectivity index (χ2v) is 11.5. The molecule has 0 bridgehead atoms. The zero-order valence-corrected chi connectivity index (χ0v) is 25.6. The fourth-order valence-electron chi connectivity index (χ4n) is 5.79. The van der Waals surface area contributed by atoms with Gasteiger partial charge in [0.25, 0.3) is 0 Å². The number of fused-ring (bicyclic) bond motifs is 2. The van der Waals surface area contributed by atoms with Crippen molar-refractivity contribution in [1.29, 1.82) is 0 Å². The minimum atomic E-state index is 0.631. The first-order valence-corrected chi connectivity index (χ1v) is 15.8. The Morgan fingerprint density at radius 3 is 1.75 bits per heavy atom. The molecule has 0 aromatic heterocycles. The first-order chi connectivity index (χ1) is 21.7. The smallest absolute Gasteiger partial charge is 0.126 e. The molecule has 0 aliphatic rings. The molecule has 0 saturated heterocycles. The maximum Gasteiger partial charge on any atom is 0.126 e. The highest BCUT2D eigenvalue weighted by Gasteiger charge is 2.13. The molecule has 0 fully saturated rings. The Kier molecular flexibility index (Phi) is 9.86. The van der Waals surface area contributed by atoms with Gasteiger partial charge in [-0.2, -0.15) is 0 Å². The second kappa shape index (κ2) is 14.7. The number of hydrogen-bond donors (Lipinski definition) is 0. The SMILES string of the molecule is CCCOc1ccc(CCN(Cc2ccc3ccccc3c2)Cc2ccc3ccccc3c2)c(OCCc2ccccc2)c1. The third kappa shape index (κ3) is 7.86. The molecule has 222 valence electrons. The third-order valence-corrected chi connectivity index (χ3v) is 8.14. The van der Waals surface area contributed by atoms with E-state index in [9.17, 15) is 0 Å². The van der Waals surface area contributed by atoms with E-state index in [4.69, 9.17) is 9.47 Å². The lowest BCUT2D eigenvalue weighted by Gasteiger charge is -2.24. The molecule has 44 heavy (non-hydrogen) atoms. The molecule has 0 spiro atoms. The summed E-state index contributed by atoms with van der Waals surface area (Å²) < 4.78 is 12.4. The number of benzene rings is 6. The third-order valence-electron chi connectivity index (χ3n) is 8.14. The quantitative estimate of drug-likeness (QED) is 0.128. The van der Waals surface area contributed by atoms with Gasteiger partial charge in [-0.1, -0.05) is 116 Å². The van der Waals surface area contributed by atoms with E-state index in [0.29, 0.717) is 13.2 Å². The number of hydrogen-bond acceptors (Lipinski definition) is 3. The Balaban J connectivity index is 1.22. The fraction of sp³-hybridized carbons (Fsp3) is 0.220. The van der Waals surface area contributed by atoms with Gasteiger partial charge in [-0.05, 0) is 74.8 Å². The van der Waals surface area contributed by atoms with E-state index in [2.05, 4.69) is 145 Å². The lowest BCUT2D eigenvalue weighted by atomic mass is 10.0. The highest BCUT2D eigenvalue weighted by molar-refractivity contribution is 5.83. The fourth-order valence-corrected chi connectivity index (χ4v) is 5.79. The van der Waals surface area contributed by atoms with Crippen molar-refractivity contribution in [3.8, 4) is 11.5 Å². The maximum atomic E-state index is 6.43. The van der Waals surface area contributed by atoms with E-state index < -0.39 is 0 Å². The van der Waals surface area contributed by atoms with Gasteiger partial charge in [0.2, 0.25) is 0 Å². The van der Waals surface area contributed by atoms with Gasteiger partial charge in [-0.25, -0.2) is 0 Å². The first kappa shape index (κ1) is 29.5. The highest BCUT2D eigenvalue weighted by Crippen LogP contribution is 2.27. The molecule has 0 aliphatic heterocycles. The molecule has 0 amide bonds. The molecule has 0 N–H and O–H groups in total. The van der Waals surface area contributed by atoms with Crippen LogP contribution in [0.5, 0.6) is 11.5 Å². The minimum absolute atomic E-state index is 0.631. The average molecular weight is 580 g/mol. The molecule has 0 aliphatic carbocycles. The Bertz CT molecular complexity index is 1710. The van der Waals surface area contributed by atoms with Gasteiger partial charge in [-0.3, -0.25) is 4.90 Å². The van der Waals surface area contributed by atoms with Crippen LogP contribution in [0.2, 0.25) is 0 Å². The van der Waals surface area contributed by atoms with Crippen LogP contribution in [0, 0.1) is 0 Å². The summed E-state index contributed by atoms with van der Waals surface area (Å²) >= 11 is 0. The van der Waals surface area contributed by atoms with Crippen LogP contribution in [0.1, 0.15) is 35.6 Å². The van der Waals surface area contributed by atoms with Crippen molar-refractivity contribution in [3.05, 3.63) is 156 Å². The van der Waals surface area contributed by atoms with Gasteiger partial charge >= 0.3 is 0 Å². The van der Waals surface area contributed by atoms with Crippen molar-refractivity contribution in [2.24, 2.45) is 0 Å². The van der Waals surface area contributed by atoms with Gasteiger partial charge in [0.05, 0.1) is 13.2 Å². The van der Waals surface area contributed by atoms with E-state index >= 15 is 0 Å². The van der Waals surface area contributed by atoms with E-state index in [0.717, 1.165) is 50.4 Å². The molecule has 6 aromatic carbocycles. The van der Waals surface area contributed by atoms with Crippen LogP contribution in [-0.2, 0) is 25.9 Å². The lowest BCUT2D eigenvalue weighted by Crippen LogP contribution is -2.25. The maximum absolute atomic E-state index is 6.43. The number of ether oxygens (including phenoxy) is 2. The summed E-state index contributed by atoms with van der Waals surface area (Å²) in [6.07, 6.45) is 2.73. The van der Waals surface area contributed by atoms with Crippen molar-refractivity contribution >= 4 is 21.5 Å². The molecule has 0 saturated carbocycles. The van der Waals surface area contributed by atoms with Crippen molar-refractivity contribution in [1.82, 2.24) is 4.90 Å². The molecular weight excluding hydrogens is 538 g/mol. The van der Waals surface area contributed by atoms with Crippen LogP contribution in [0.4, 0.5) is 0 Å². The summed E-state index contributed by atoms with van der Waals surface area (Å²) in [7, 11) is 0. The van der Waals surface area contributed by atoms with Crippen LogP contribution < -0.4 is 9.47 Å². The monoisotopic (exact) mass is 579 g/mol. The summed E-state index contributed by atoms with van der Waals surface area (Å²) in [5, 5.41) is 5.12. The predicted molar refractivity (Wildman–Crippen MR) is 184 cm³/mol. The van der Waals surface area contributed by atoms with E-state index in [-0.39, 0.29) is 0 Å². The molecule has 0 heterocycles. The normalized spacial score (nSPS) is 11.3. The van der Waals surface area contributed by atoms with Crippen LogP contribution in [0.25, 0.3) is 21.5 Å². The molecule has 0 atom stereocenters. The molecule has 3 heteroatoms. The molecule has 0 radical (unpaired) electrons. The summed E-state index contributed by atoms with van der Waals surface area (Å²) in [6, 6.07) is 47.8. The molecule has 6 aromatic rings.